The summed E-state index contributed by atoms with van der Waals surface area (Å²) in [5.41, 5.74) is 9.91. The van der Waals surface area contributed by atoms with Gasteiger partial charge in [0.05, 0.1) is 0 Å². The number of aryl methyl sites for hydroxylation is 1. The first-order chi connectivity index (χ1) is 7.85. The van der Waals surface area contributed by atoms with Gasteiger partial charge in [-0.3, -0.25) is 0 Å². The maximum Gasteiger partial charge on any atom is 0.0411 e. The van der Waals surface area contributed by atoms with Crippen molar-refractivity contribution in [1.82, 2.24) is 0 Å². The molecule has 2 nitrogen and oxygen atoms in total. The lowest BCUT2D eigenvalue weighted by Crippen LogP contribution is -2.30. The van der Waals surface area contributed by atoms with Crippen molar-refractivity contribution in [2.45, 2.75) is 39.2 Å². The van der Waals surface area contributed by atoms with Crippen LogP contribution in [0.25, 0.3) is 0 Å². The van der Waals surface area contributed by atoms with Crippen LogP contribution >= 0.6 is 0 Å². The molecule has 1 aliphatic heterocycles. The van der Waals surface area contributed by atoms with E-state index >= 15 is 0 Å². The predicted octanol–water partition coefficient (Wildman–Crippen LogP) is 2.70. The summed E-state index contributed by atoms with van der Waals surface area (Å²) in [6, 6.07) is 6.76. The second kappa shape index (κ2) is 5.35. The fraction of sp³-hybridized carbons (Fsp3) is 0.571. The van der Waals surface area contributed by atoms with Crippen LogP contribution in [0.15, 0.2) is 18.2 Å². The Bertz CT molecular complexity index is 341. The monoisotopic (exact) mass is 218 g/mol. The minimum atomic E-state index is 0.652. The third-order valence-corrected chi connectivity index (χ3v) is 3.47. The van der Waals surface area contributed by atoms with Crippen LogP contribution in [0.3, 0.4) is 0 Å². The van der Waals surface area contributed by atoms with E-state index in [1.807, 2.05) is 0 Å². The van der Waals surface area contributed by atoms with E-state index < -0.39 is 0 Å². The van der Waals surface area contributed by atoms with Crippen molar-refractivity contribution in [2.24, 2.45) is 5.73 Å². The van der Waals surface area contributed by atoms with Gasteiger partial charge in [0.1, 0.15) is 0 Å². The largest absolute Gasteiger partial charge is 0.371 e. The molecule has 1 fully saturated rings. The van der Waals surface area contributed by atoms with Crippen LogP contribution in [0.2, 0.25) is 0 Å². The highest BCUT2D eigenvalue weighted by atomic mass is 15.1. The van der Waals surface area contributed by atoms with Crippen LogP contribution in [0.5, 0.6) is 0 Å². The van der Waals surface area contributed by atoms with Crippen molar-refractivity contribution >= 4 is 5.69 Å². The van der Waals surface area contributed by atoms with Gasteiger partial charge in [0.25, 0.3) is 0 Å². The second-order valence-corrected chi connectivity index (χ2v) is 4.57. The summed E-state index contributed by atoms with van der Waals surface area (Å²) in [7, 11) is 0. The molecule has 0 amide bonds. The Morgan fingerprint density at radius 3 is 2.56 bits per heavy atom. The van der Waals surface area contributed by atoms with Crippen molar-refractivity contribution in [3.63, 3.8) is 0 Å². The number of nitrogens with zero attached hydrogens (tertiary/aromatic N) is 1. The quantitative estimate of drug-likeness (QED) is 0.845. The molecule has 2 rings (SSSR count). The lowest BCUT2D eigenvalue weighted by Gasteiger charge is -2.30. The molecular weight excluding hydrogens is 196 g/mol. The van der Waals surface area contributed by atoms with Gasteiger partial charge in [-0.05, 0) is 42.9 Å². The lowest BCUT2D eigenvalue weighted by molar-refractivity contribution is 0.576. The molecule has 0 radical (unpaired) electrons. The predicted molar refractivity (Wildman–Crippen MR) is 69.8 cm³/mol. The van der Waals surface area contributed by atoms with Gasteiger partial charge in [-0.15, -0.1) is 0 Å². The van der Waals surface area contributed by atoms with Gasteiger partial charge >= 0.3 is 0 Å². The summed E-state index contributed by atoms with van der Waals surface area (Å²) in [5.74, 6) is 0. The highest BCUT2D eigenvalue weighted by Gasteiger charge is 2.13. The zero-order valence-electron chi connectivity index (χ0n) is 10.2. The zero-order valence-corrected chi connectivity index (χ0v) is 10.2. The van der Waals surface area contributed by atoms with E-state index in [4.69, 9.17) is 5.73 Å². The third kappa shape index (κ3) is 2.38. The normalized spacial score (nSPS) is 16.5. The minimum Gasteiger partial charge on any atom is -0.371 e. The SMILES string of the molecule is CCc1ccc(N2CCCCC2)c(CN)c1. The Labute approximate surface area is 98.4 Å². The first kappa shape index (κ1) is 11.5. The lowest BCUT2D eigenvalue weighted by atomic mass is 10.0. The Morgan fingerprint density at radius 2 is 1.94 bits per heavy atom. The Hall–Kier alpha value is -1.02. The van der Waals surface area contributed by atoms with Gasteiger partial charge in [-0.1, -0.05) is 19.1 Å². The highest BCUT2D eigenvalue weighted by Crippen LogP contribution is 2.25. The number of piperidine rings is 1. The van der Waals surface area contributed by atoms with Gasteiger partial charge in [-0.2, -0.15) is 0 Å². The van der Waals surface area contributed by atoms with Crippen LogP contribution < -0.4 is 10.6 Å². The summed E-state index contributed by atoms with van der Waals surface area (Å²) in [6.45, 7) is 5.23. The first-order valence-corrected chi connectivity index (χ1v) is 6.42. The van der Waals surface area contributed by atoms with Crippen molar-refractivity contribution in [2.75, 3.05) is 18.0 Å². The molecule has 1 saturated heterocycles. The molecule has 88 valence electrons. The van der Waals surface area contributed by atoms with Crippen LogP contribution in [-0.4, -0.2) is 13.1 Å². The van der Waals surface area contributed by atoms with Crippen LogP contribution in [-0.2, 0) is 13.0 Å². The number of anilines is 1. The molecule has 1 heterocycles. The summed E-state index contributed by atoms with van der Waals surface area (Å²) >= 11 is 0. The molecule has 2 heteroatoms. The highest BCUT2D eigenvalue weighted by molar-refractivity contribution is 5.55. The van der Waals surface area contributed by atoms with Crippen LogP contribution in [0.1, 0.15) is 37.3 Å². The molecular formula is C14H22N2. The van der Waals surface area contributed by atoms with E-state index in [0.29, 0.717) is 6.54 Å². The molecule has 0 aromatic heterocycles. The first-order valence-electron chi connectivity index (χ1n) is 6.42. The average molecular weight is 218 g/mol. The Kier molecular flexibility index (Phi) is 3.83. The number of rotatable bonds is 3. The molecule has 0 unspecified atom stereocenters. The van der Waals surface area contributed by atoms with Crippen LogP contribution in [0, 0.1) is 0 Å². The summed E-state index contributed by atoms with van der Waals surface area (Å²) in [6.07, 6.45) is 5.11. The molecule has 0 atom stereocenters. The number of nitrogens with two attached hydrogens (primary N) is 1. The smallest absolute Gasteiger partial charge is 0.0411 e. The Morgan fingerprint density at radius 1 is 1.19 bits per heavy atom. The van der Waals surface area contributed by atoms with Gasteiger partial charge in [0.15, 0.2) is 0 Å². The fourth-order valence-electron chi connectivity index (χ4n) is 2.47. The number of hydrogen-bond acceptors (Lipinski definition) is 2. The average Bonchev–Trinajstić information content (AvgIpc) is 2.39. The van der Waals surface area contributed by atoms with Gasteiger partial charge in [-0.25, -0.2) is 0 Å². The van der Waals surface area contributed by atoms with E-state index in [9.17, 15) is 0 Å². The minimum absolute atomic E-state index is 0.652. The van der Waals surface area contributed by atoms with E-state index in [1.165, 1.54) is 49.2 Å². The summed E-state index contributed by atoms with van der Waals surface area (Å²) in [5, 5.41) is 0. The standard InChI is InChI=1S/C14H22N2/c1-2-12-6-7-14(13(10-12)11-15)16-8-4-3-5-9-16/h6-7,10H,2-5,8-9,11,15H2,1H3. The molecule has 2 N–H and O–H groups in total. The third-order valence-electron chi connectivity index (χ3n) is 3.47. The van der Waals surface area contributed by atoms with E-state index in [0.717, 1.165) is 6.42 Å². The van der Waals surface area contributed by atoms with E-state index in [1.54, 1.807) is 0 Å². The molecule has 1 aliphatic rings. The molecule has 0 bridgehead atoms. The van der Waals surface area contributed by atoms with E-state index in [-0.39, 0.29) is 0 Å². The molecule has 0 aliphatic carbocycles. The molecule has 0 saturated carbocycles. The zero-order chi connectivity index (χ0) is 11.4. The summed E-state index contributed by atoms with van der Waals surface area (Å²) < 4.78 is 0. The topological polar surface area (TPSA) is 29.3 Å². The maximum atomic E-state index is 5.85. The number of hydrogen-bond donors (Lipinski definition) is 1. The summed E-state index contributed by atoms with van der Waals surface area (Å²) in [4.78, 5) is 2.49. The fourth-order valence-corrected chi connectivity index (χ4v) is 2.47. The molecule has 1 aromatic carbocycles. The molecule has 0 spiro atoms. The maximum absolute atomic E-state index is 5.85. The van der Waals surface area contributed by atoms with Gasteiger partial charge in [0.2, 0.25) is 0 Å². The van der Waals surface area contributed by atoms with Crippen molar-refractivity contribution in [3.8, 4) is 0 Å². The van der Waals surface area contributed by atoms with E-state index in [2.05, 4.69) is 30.0 Å². The Balaban J connectivity index is 2.24. The van der Waals surface area contributed by atoms with Gasteiger partial charge < -0.3 is 10.6 Å². The number of benzene rings is 1. The van der Waals surface area contributed by atoms with Crippen molar-refractivity contribution in [3.05, 3.63) is 29.3 Å². The molecule has 16 heavy (non-hydrogen) atoms. The molecule has 1 aromatic rings. The van der Waals surface area contributed by atoms with Crippen molar-refractivity contribution < 1.29 is 0 Å². The van der Waals surface area contributed by atoms with Crippen LogP contribution in [0.4, 0.5) is 5.69 Å². The van der Waals surface area contributed by atoms with Crippen molar-refractivity contribution in [1.29, 1.82) is 0 Å². The second-order valence-electron chi connectivity index (χ2n) is 4.57. The van der Waals surface area contributed by atoms with Gasteiger partial charge in [0, 0.05) is 25.3 Å².